The number of aromatic nitrogens is 2. The third kappa shape index (κ3) is 3.89. The Hall–Kier alpha value is -3.52. The van der Waals surface area contributed by atoms with E-state index in [1.807, 2.05) is 41.5 Å². The van der Waals surface area contributed by atoms with Crippen molar-refractivity contribution in [3.63, 3.8) is 0 Å². The smallest absolute Gasteiger partial charge is 0.0548 e. The fourth-order valence-electron chi connectivity index (χ4n) is 4.17. The van der Waals surface area contributed by atoms with Gasteiger partial charge in [0, 0.05) is 38.3 Å². The van der Waals surface area contributed by atoms with Gasteiger partial charge in [-0.1, -0.05) is 96.1 Å². The van der Waals surface area contributed by atoms with Gasteiger partial charge in [0.15, 0.2) is 0 Å². The highest BCUT2D eigenvalue weighted by molar-refractivity contribution is 6.18. The lowest BCUT2D eigenvalue weighted by molar-refractivity contribution is 1.18. The Bertz CT molecular complexity index is 1420. The van der Waals surface area contributed by atoms with Gasteiger partial charge >= 0.3 is 0 Å². The predicted molar refractivity (Wildman–Crippen MR) is 144 cm³/mol. The molecule has 2 heterocycles. The van der Waals surface area contributed by atoms with Crippen LogP contribution in [0.5, 0.6) is 0 Å². The molecule has 0 fully saturated rings. The van der Waals surface area contributed by atoms with E-state index < -0.39 is 0 Å². The van der Waals surface area contributed by atoms with Crippen molar-refractivity contribution >= 4 is 43.6 Å². The first kappa shape index (κ1) is 23.1. The predicted octanol–water partition coefficient (Wildman–Crippen LogP) is 9.50. The second-order valence-corrected chi connectivity index (χ2v) is 6.77. The van der Waals surface area contributed by atoms with Crippen LogP contribution in [0.15, 0.2) is 91.0 Å². The second kappa shape index (κ2) is 10.7. The number of nitrogens with one attached hydrogen (secondary N) is 1. The molecule has 4 aromatic carbocycles. The van der Waals surface area contributed by atoms with Crippen LogP contribution < -0.4 is 0 Å². The summed E-state index contributed by atoms with van der Waals surface area (Å²) in [5, 5.41) is 5.11. The molecule has 0 aliphatic rings. The first-order valence-electron chi connectivity index (χ1n) is 11.9. The van der Waals surface area contributed by atoms with Crippen molar-refractivity contribution in [2.45, 2.75) is 41.5 Å². The average molecular weight is 423 g/mol. The van der Waals surface area contributed by atoms with Crippen LogP contribution in [0.3, 0.4) is 0 Å². The molecule has 6 aromatic rings. The molecule has 0 spiro atoms. The molecule has 0 saturated heterocycles. The van der Waals surface area contributed by atoms with Crippen molar-refractivity contribution in [3.8, 4) is 5.69 Å². The fraction of sp³-hybridized carbons (Fsp3) is 0.200. The minimum absolute atomic E-state index is 1.19. The molecule has 1 N–H and O–H groups in total. The van der Waals surface area contributed by atoms with Gasteiger partial charge in [-0.05, 0) is 36.4 Å². The molecule has 6 rings (SSSR count). The summed E-state index contributed by atoms with van der Waals surface area (Å²) in [6.45, 7) is 12.0. The summed E-state index contributed by atoms with van der Waals surface area (Å²) in [6, 6.07) is 32.4. The molecular formula is C30H34N2. The third-order valence-corrected chi connectivity index (χ3v) is 5.31. The summed E-state index contributed by atoms with van der Waals surface area (Å²) in [5.74, 6) is 0. The molecule has 0 aliphatic carbocycles. The SMILES string of the molecule is CC.CC.CC.c1ccc(-n2c3ccccc3c3cc4[nH]c5ccccc5c4cc32)cc1. The Morgan fingerprint density at radius 1 is 0.469 bits per heavy atom. The van der Waals surface area contributed by atoms with Gasteiger partial charge in [0.05, 0.1) is 11.0 Å². The second-order valence-electron chi connectivity index (χ2n) is 6.77. The van der Waals surface area contributed by atoms with Crippen molar-refractivity contribution in [2.75, 3.05) is 0 Å². The first-order valence-corrected chi connectivity index (χ1v) is 11.9. The standard InChI is InChI=1S/C24H16N2.3C2H6/c1-2-8-16(9-3-1)26-23-13-7-5-11-18(23)20-14-22-19(15-24(20)26)17-10-4-6-12-21(17)25-22;3*1-2/h1-15,25H;3*1-2H3. The van der Waals surface area contributed by atoms with Crippen LogP contribution in [0.25, 0.3) is 49.3 Å². The van der Waals surface area contributed by atoms with Gasteiger partial charge in [0.25, 0.3) is 0 Å². The zero-order valence-corrected chi connectivity index (χ0v) is 20.1. The van der Waals surface area contributed by atoms with E-state index in [1.165, 1.54) is 49.3 Å². The summed E-state index contributed by atoms with van der Waals surface area (Å²) >= 11 is 0. The molecule has 0 unspecified atom stereocenters. The molecule has 164 valence electrons. The first-order chi connectivity index (χ1) is 15.9. The molecular weight excluding hydrogens is 388 g/mol. The molecule has 0 amide bonds. The highest BCUT2D eigenvalue weighted by Crippen LogP contribution is 2.36. The summed E-state index contributed by atoms with van der Waals surface area (Å²) in [7, 11) is 0. The van der Waals surface area contributed by atoms with Gasteiger partial charge in [0.1, 0.15) is 0 Å². The van der Waals surface area contributed by atoms with E-state index in [2.05, 4.69) is 101 Å². The van der Waals surface area contributed by atoms with E-state index in [4.69, 9.17) is 0 Å². The van der Waals surface area contributed by atoms with Crippen LogP contribution in [-0.4, -0.2) is 9.55 Å². The summed E-state index contributed by atoms with van der Waals surface area (Å²) in [6.07, 6.45) is 0. The zero-order chi connectivity index (χ0) is 23.1. The van der Waals surface area contributed by atoms with E-state index in [0.29, 0.717) is 0 Å². The Morgan fingerprint density at radius 2 is 1.06 bits per heavy atom. The molecule has 0 radical (unpaired) electrons. The van der Waals surface area contributed by atoms with Crippen molar-refractivity contribution in [3.05, 3.63) is 91.0 Å². The number of H-pyrrole nitrogens is 1. The van der Waals surface area contributed by atoms with Crippen LogP contribution in [0.4, 0.5) is 0 Å². The van der Waals surface area contributed by atoms with E-state index >= 15 is 0 Å². The fourth-order valence-corrected chi connectivity index (χ4v) is 4.17. The van der Waals surface area contributed by atoms with Crippen LogP contribution in [-0.2, 0) is 0 Å². The van der Waals surface area contributed by atoms with Crippen LogP contribution in [0.2, 0.25) is 0 Å². The van der Waals surface area contributed by atoms with Crippen molar-refractivity contribution in [1.29, 1.82) is 0 Å². The highest BCUT2D eigenvalue weighted by Gasteiger charge is 2.14. The number of rotatable bonds is 1. The Labute approximate surface area is 191 Å². The maximum atomic E-state index is 3.57. The molecule has 2 nitrogen and oxygen atoms in total. The lowest BCUT2D eigenvalue weighted by atomic mass is 10.1. The van der Waals surface area contributed by atoms with Gasteiger partial charge in [-0.15, -0.1) is 0 Å². The number of hydrogen-bond donors (Lipinski definition) is 1. The maximum Gasteiger partial charge on any atom is 0.0548 e. The Balaban J connectivity index is 0.000000448. The van der Waals surface area contributed by atoms with Crippen LogP contribution in [0, 0.1) is 0 Å². The minimum atomic E-state index is 1.19. The highest BCUT2D eigenvalue weighted by atomic mass is 15.0. The number of fused-ring (bicyclic) bond motifs is 6. The molecule has 0 atom stereocenters. The number of benzene rings is 4. The summed E-state index contributed by atoms with van der Waals surface area (Å²) < 4.78 is 2.37. The van der Waals surface area contributed by atoms with Crippen molar-refractivity contribution < 1.29 is 0 Å². The lowest BCUT2D eigenvalue weighted by Gasteiger charge is -2.07. The minimum Gasteiger partial charge on any atom is -0.354 e. The normalized spacial score (nSPS) is 10.2. The van der Waals surface area contributed by atoms with Crippen LogP contribution in [0.1, 0.15) is 41.5 Å². The molecule has 32 heavy (non-hydrogen) atoms. The van der Waals surface area contributed by atoms with Gasteiger partial charge < -0.3 is 9.55 Å². The van der Waals surface area contributed by atoms with E-state index in [-0.39, 0.29) is 0 Å². The number of aromatic amines is 1. The molecule has 0 aliphatic heterocycles. The molecule has 0 saturated carbocycles. The van der Waals surface area contributed by atoms with Crippen molar-refractivity contribution in [1.82, 2.24) is 9.55 Å². The van der Waals surface area contributed by atoms with Crippen LogP contribution >= 0.6 is 0 Å². The Kier molecular flexibility index (Phi) is 7.72. The van der Waals surface area contributed by atoms with Gasteiger partial charge in [0.2, 0.25) is 0 Å². The largest absolute Gasteiger partial charge is 0.354 e. The van der Waals surface area contributed by atoms with E-state index in [9.17, 15) is 0 Å². The summed E-state index contributed by atoms with van der Waals surface area (Å²) in [4.78, 5) is 3.57. The molecule has 2 aromatic heterocycles. The monoisotopic (exact) mass is 422 g/mol. The summed E-state index contributed by atoms with van der Waals surface area (Å²) in [5.41, 5.74) is 6.05. The third-order valence-electron chi connectivity index (χ3n) is 5.31. The molecule has 0 bridgehead atoms. The van der Waals surface area contributed by atoms with Gasteiger partial charge in [-0.3, -0.25) is 0 Å². The lowest BCUT2D eigenvalue weighted by Crippen LogP contribution is -1.92. The van der Waals surface area contributed by atoms with E-state index in [0.717, 1.165) is 0 Å². The van der Waals surface area contributed by atoms with E-state index in [1.54, 1.807) is 0 Å². The maximum absolute atomic E-state index is 3.57. The van der Waals surface area contributed by atoms with Crippen molar-refractivity contribution in [2.24, 2.45) is 0 Å². The topological polar surface area (TPSA) is 20.7 Å². The quantitative estimate of drug-likeness (QED) is 0.272. The number of hydrogen-bond acceptors (Lipinski definition) is 0. The average Bonchev–Trinajstić information content (AvgIpc) is 3.42. The Morgan fingerprint density at radius 3 is 1.78 bits per heavy atom. The van der Waals surface area contributed by atoms with Gasteiger partial charge in [-0.2, -0.15) is 0 Å². The van der Waals surface area contributed by atoms with Gasteiger partial charge in [-0.25, -0.2) is 0 Å². The number of nitrogens with zero attached hydrogens (tertiary/aromatic N) is 1. The molecule has 2 heteroatoms. The number of para-hydroxylation sites is 3. The zero-order valence-electron chi connectivity index (χ0n) is 20.1.